The second-order valence-corrected chi connectivity index (χ2v) is 9.54. The molecule has 0 aliphatic carbocycles. The molecule has 0 rings (SSSR count). The molecule has 0 aliphatic heterocycles. The third-order valence-corrected chi connectivity index (χ3v) is 3.43. The minimum Gasteiger partial charge on any atom is -0.386 e. The summed E-state index contributed by atoms with van der Waals surface area (Å²) in [6.45, 7) is 14.1. The lowest BCUT2D eigenvalue weighted by Gasteiger charge is -1.89. The molecule has 22 N–H and O–H groups in total. The van der Waals surface area contributed by atoms with Crippen LogP contribution in [0.5, 0.6) is 0 Å². The van der Waals surface area contributed by atoms with E-state index in [0.29, 0.717) is 59.0 Å². The van der Waals surface area contributed by atoms with Crippen molar-refractivity contribution < 1.29 is 0 Å². The summed E-state index contributed by atoms with van der Waals surface area (Å²) in [4.78, 5) is 7.84. The van der Waals surface area contributed by atoms with Crippen LogP contribution in [-0.4, -0.2) is 108 Å². The fourth-order valence-electron chi connectivity index (χ4n) is 1.69. The Kier molecular flexibility index (Phi) is 37.5. The van der Waals surface area contributed by atoms with E-state index in [1.165, 1.54) is 24.9 Å². The van der Waals surface area contributed by atoms with Gasteiger partial charge in [-0.25, -0.2) is 0 Å². The van der Waals surface area contributed by atoms with Crippen LogP contribution >= 0.6 is 0 Å². The SMILES string of the molecule is C.CC(=N)CN=C/C(C)=N/N=C(N)N.CC(=N)CN=C/C(C)=N\N=C(N)N.CC(N)=N/N=C\C(C)=N/N=C(N)N.CC(N)=N/N=C\C(C)=N\N=C(N)N. The Hall–Kier alpha value is -7.28. The molecular weight excluding hydrogens is 688 g/mol. The van der Waals surface area contributed by atoms with Gasteiger partial charge in [-0.1, -0.05) is 7.43 Å². The first-order valence-electron chi connectivity index (χ1n) is 14.3. The van der Waals surface area contributed by atoms with Gasteiger partial charge in [-0.3, -0.25) is 9.98 Å². The summed E-state index contributed by atoms with van der Waals surface area (Å²) >= 11 is 0. The molecule has 0 atom stereocenters. The van der Waals surface area contributed by atoms with E-state index in [1.807, 2.05) is 0 Å². The van der Waals surface area contributed by atoms with Gasteiger partial charge in [0.05, 0.1) is 48.4 Å². The molecule has 0 amide bonds. The maximum Gasteiger partial charge on any atom is 0.211 e. The predicted octanol–water partition coefficient (Wildman–Crippen LogP) is -1.87. The zero-order valence-electron chi connectivity index (χ0n) is 30.8. The van der Waals surface area contributed by atoms with E-state index in [9.17, 15) is 0 Å². The highest BCUT2D eigenvalue weighted by molar-refractivity contribution is 6.30. The fourth-order valence-corrected chi connectivity index (χ4v) is 1.69. The van der Waals surface area contributed by atoms with Crippen LogP contribution in [0.2, 0.25) is 0 Å². The Labute approximate surface area is 309 Å². The Morgan fingerprint density at radius 1 is 0.377 bits per heavy atom. The Morgan fingerprint density at radius 2 is 0.604 bits per heavy atom. The number of nitrogens with two attached hydrogens (primary N) is 10. The largest absolute Gasteiger partial charge is 0.386 e. The molecule has 0 radical (unpaired) electrons. The van der Waals surface area contributed by atoms with E-state index in [4.69, 9.17) is 68.2 Å². The van der Waals surface area contributed by atoms with Crippen molar-refractivity contribution in [2.24, 2.45) is 129 Å². The quantitative estimate of drug-likeness (QED) is 0.0533. The molecule has 0 aromatic rings. The van der Waals surface area contributed by atoms with Crippen LogP contribution in [0.25, 0.3) is 0 Å². The molecule has 0 aromatic carbocycles. The number of rotatable bonds is 14. The fraction of sp³-hybridized carbons (Fsp3) is 0.407. The second-order valence-electron chi connectivity index (χ2n) is 9.54. The molecule has 0 saturated heterocycles. The summed E-state index contributed by atoms with van der Waals surface area (Å²) < 4.78 is 0. The van der Waals surface area contributed by atoms with Gasteiger partial charge in [-0.2, -0.15) is 30.6 Å². The van der Waals surface area contributed by atoms with Crippen LogP contribution in [0.3, 0.4) is 0 Å². The smallest absolute Gasteiger partial charge is 0.211 e. The van der Waals surface area contributed by atoms with Crippen LogP contribution in [0.15, 0.2) is 71.2 Å². The van der Waals surface area contributed by atoms with Crippen LogP contribution in [0.1, 0.15) is 62.8 Å². The van der Waals surface area contributed by atoms with Gasteiger partial charge in [-0.05, 0) is 55.4 Å². The molecule has 296 valence electrons. The first kappa shape index (κ1) is 55.1. The number of hydrogen-bond donors (Lipinski definition) is 12. The molecule has 0 spiro atoms. The van der Waals surface area contributed by atoms with Crippen molar-refractivity contribution in [3.8, 4) is 0 Å². The molecule has 0 fully saturated rings. The average molecular weight is 747 g/mol. The van der Waals surface area contributed by atoms with Crippen molar-refractivity contribution in [2.75, 3.05) is 13.1 Å². The van der Waals surface area contributed by atoms with Gasteiger partial charge in [0.1, 0.15) is 11.7 Å². The summed E-state index contributed by atoms with van der Waals surface area (Å²) in [5, 5.41) is 56.8. The minimum atomic E-state index is -0.105. The van der Waals surface area contributed by atoms with Crippen molar-refractivity contribution in [1.29, 1.82) is 10.8 Å². The number of guanidine groups is 4. The molecule has 0 unspecified atom stereocenters. The van der Waals surface area contributed by atoms with Crippen LogP contribution in [-0.2, 0) is 0 Å². The van der Waals surface area contributed by atoms with Gasteiger partial charge in [0, 0.05) is 23.9 Å². The summed E-state index contributed by atoms with van der Waals surface area (Å²) in [6.07, 6.45) is 5.82. The lowest BCUT2D eigenvalue weighted by atomic mass is 10.4. The van der Waals surface area contributed by atoms with Crippen molar-refractivity contribution in [3.63, 3.8) is 0 Å². The lowest BCUT2D eigenvalue weighted by molar-refractivity contribution is 1.20. The van der Waals surface area contributed by atoms with Crippen LogP contribution in [0, 0.1) is 10.8 Å². The maximum atomic E-state index is 7.09. The normalized spacial score (nSPS) is 12.3. The van der Waals surface area contributed by atoms with Crippen molar-refractivity contribution in [1.82, 2.24) is 0 Å². The van der Waals surface area contributed by atoms with E-state index < -0.39 is 0 Å². The average Bonchev–Trinajstić information content (AvgIpc) is 3.01. The van der Waals surface area contributed by atoms with Crippen molar-refractivity contribution in [3.05, 3.63) is 0 Å². The van der Waals surface area contributed by atoms with E-state index in [-0.39, 0.29) is 31.3 Å². The zero-order chi connectivity index (χ0) is 41.1. The lowest BCUT2D eigenvalue weighted by Crippen LogP contribution is -2.22. The molecule has 26 heteroatoms. The standard InChI is InChI=1S/2C7H14N6.2C6H13N7.CH4/c2*1-5(8)3-11-4-6(2)12-13-7(9)10;2*1-4(11-13-6(8)9)3-10-12-5(2)7;/h2*4,8H,3H2,1-2H3,(H4,9,10,13);2*3H,1-2H3,(H2,7,12)(H4,8,9,13);1H4/b8-5?,11-4?,12-6+;8-5?,11-4?,12-6-;10-3-,11-4+;10-3-,11-4-;. The number of hydrogen-bond acceptors (Lipinski definition) is 16. The molecule has 0 aliphatic rings. The van der Waals surface area contributed by atoms with E-state index in [2.05, 4.69) is 71.2 Å². The number of amidine groups is 2. The van der Waals surface area contributed by atoms with Crippen LogP contribution < -0.4 is 57.3 Å². The summed E-state index contributed by atoms with van der Waals surface area (Å²) in [6, 6.07) is 0. The summed E-state index contributed by atoms with van der Waals surface area (Å²) in [7, 11) is 0. The van der Waals surface area contributed by atoms with Gasteiger partial charge < -0.3 is 68.2 Å². The van der Waals surface area contributed by atoms with Crippen molar-refractivity contribution >= 4 is 94.6 Å². The molecule has 26 nitrogen and oxygen atoms in total. The van der Waals surface area contributed by atoms with Crippen LogP contribution in [0.4, 0.5) is 0 Å². The van der Waals surface area contributed by atoms with Gasteiger partial charge in [0.15, 0.2) is 0 Å². The van der Waals surface area contributed by atoms with Gasteiger partial charge >= 0.3 is 0 Å². The van der Waals surface area contributed by atoms with Gasteiger partial charge in [-0.15, -0.1) is 30.6 Å². The molecule has 0 heterocycles. The molecule has 0 aromatic heterocycles. The van der Waals surface area contributed by atoms with E-state index >= 15 is 0 Å². The van der Waals surface area contributed by atoms with E-state index in [1.54, 1.807) is 55.4 Å². The first-order valence-corrected chi connectivity index (χ1v) is 14.3. The summed E-state index contributed by atoms with van der Waals surface area (Å²) in [5.41, 5.74) is 54.1. The third kappa shape index (κ3) is 60.5. The highest BCUT2D eigenvalue weighted by Gasteiger charge is 1.87. The highest BCUT2D eigenvalue weighted by Crippen LogP contribution is 1.81. The topological polar surface area (TPSA) is 481 Å². The Morgan fingerprint density at radius 3 is 0.792 bits per heavy atom. The predicted molar refractivity (Wildman–Crippen MR) is 228 cm³/mol. The third-order valence-electron chi connectivity index (χ3n) is 3.43. The maximum absolute atomic E-state index is 7.09. The monoisotopic (exact) mass is 747 g/mol. The Balaban J connectivity index is -0.000000192. The molecule has 0 saturated carbocycles. The number of aliphatic imine (C=N–C) groups is 2. The van der Waals surface area contributed by atoms with Gasteiger partial charge in [0.25, 0.3) is 0 Å². The van der Waals surface area contributed by atoms with Crippen molar-refractivity contribution in [2.45, 2.75) is 62.8 Å². The molecular formula is C27H58N26. The molecule has 0 bridgehead atoms. The number of nitrogens with one attached hydrogen (secondary N) is 2. The second kappa shape index (κ2) is 36.0. The highest BCUT2D eigenvalue weighted by atomic mass is 15.3. The van der Waals surface area contributed by atoms with E-state index in [0.717, 1.165) is 0 Å². The van der Waals surface area contributed by atoms with Gasteiger partial charge in [0.2, 0.25) is 23.8 Å². The number of nitrogens with zero attached hydrogens (tertiary/aromatic N) is 14. The Bertz CT molecular complexity index is 1390. The summed E-state index contributed by atoms with van der Waals surface area (Å²) in [5.74, 6) is 0.348. The zero-order valence-corrected chi connectivity index (χ0v) is 30.8. The molecule has 53 heavy (non-hydrogen) atoms. The minimum absolute atomic E-state index is 0. The first-order chi connectivity index (χ1) is 24.1.